The summed E-state index contributed by atoms with van der Waals surface area (Å²) in [4.78, 5) is 24.1. The summed E-state index contributed by atoms with van der Waals surface area (Å²) in [5.41, 5.74) is 2.10. The lowest BCUT2D eigenvalue weighted by atomic mass is 10.1. The van der Waals surface area contributed by atoms with Gasteiger partial charge in [-0.05, 0) is 43.0 Å². The van der Waals surface area contributed by atoms with Gasteiger partial charge in [-0.1, -0.05) is 36.4 Å². The Morgan fingerprint density at radius 2 is 1.81 bits per heavy atom. The quantitative estimate of drug-likeness (QED) is 0.724. The molecule has 2 aromatic carbocycles. The van der Waals surface area contributed by atoms with Crippen molar-refractivity contribution in [1.29, 1.82) is 0 Å². The van der Waals surface area contributed by atoms with Gasteiger partial charge < -0.3 is 19.5 Å². The lowest BCUT2D eigenvalue weighted by Gasteiger charge is -2.13. The number of rotatable bonds is 8. The standard InChI is InChI=1S/C21H23NO5/c1-15(21(24)22-12-11-16-5-3-2-4-6-16)27-20(23)10-8-17-7-9-18-19(13-17)26-14-25-18/h2-7,9,13,15H,8,10-12,14H2,1H3,(H,22,24). The molecule has 6 nitrogen and oxygen atoms in total. The largest absolute Gasteiger partial charge is 0.454 e. The van der Waals surface area contributed by atoms with Gasteiger partial charge in [0.25, 0.3) is 5.91 Å². The number of aryl methyl sites for hydroxylation is 1. The van der Waals surface area contributed by atoms with Gasteiger partial charge in [0.05, 0.1) is 0 Å². The van der Waals surface area contributed by atoms with Crippen molar-refractivity contribution in [2.75, 3.05) is 13.3 Å². The number of carbonyl (C=O) groups is 2. The normalized spacial score (nSPS) is 13.1. The van der Waals surface area contributed by atoms with Gasteiger partial charge in [0, 0.05) is 13.0 Å². The molecule has 1 aliphatic rings. The number of hydrogen-bond acceptors (Lipinski definition) is 5. The molecule has 1 heterocycles. The van der Waals surface area contributed by atoms with Gasteiger partial charge in [-0.25, -0.2) is 0 Å². The first kappa shape index (κ1) is 18.8. The molecule has 0 spiro atoms. The highest BCUT2D eigenvalue weighted by Gasteiger charge is 2.18. The molecule has 0 bridgehead atoms. The summed E-state index contributed by atoms with van der Waals surface area (Å²) < 4.78 is 15.8. The number of hydrogen-bond donors (Lipinski definition) is 1. The Morgan fingerprint density at radius 1 is 1.04 bits per heavy atom. The summed E-state index contributed by atoms with van der Waals surface area (Å²) in [6.45, 7) is 2.30. The van der Waals surface area contributed by atoms with E-state index in [9.17, 15) is 9.59 Å². The Kier molecular flexibility index (Phi) is 6.30. The van der Waals surface area contributed by atoms with Crippen LogP contribution in [0.4, 0.5) is 0 Å². The molecular formula is C21H23NO5. The molecule has 0 fully saturated rings. The second kappa shape index (κ2) is 9.07. The third kappa shape index (κ3) is 5.48. The van der Waals surface area contributed by atoms with Gasteiger partial charge in [-0.15, -0.1) is 0 Å². The minimum atomic E-state index is -0.815. The average Bonchev–Trinajstić information content (AvgIpc) is 3.15. The van der Waals surface area contributed by atoms with Gasteiger partial charge >= 0.3 is 5.97 Å². The highest BCUT2D eigenvalue weighted by molar-refractivity contribution is 5.83. The zero-order valence-electron chi connectivity index (χ0n) is 15.3. The van der Waals surface area contributed by atoms with E-state index in [-0.39, 0.29) is 19.1 Å². The Bertz CT molecular complexity index is 790. The molecule has 1 aliphatic heterocycles. The van der Waals surface area contributed by atoms with E-state index in [0.717, 1.165) is 17.5 Å². The molecule has 0 aromatic heterocycles. The summed E-state index contributed by atoms with van der Waals surface area (Å²) in [5.74, 6) is 0.704. The van der Waals surface area contributed by atoms with Gasteiger partial charge in [0.2, 0.25) is 6.79 Å². The highest BCUT2D eigenvalue weighted by atomic mass is 16.7. The van der Waals surface area contributed by atoms with Crippen molar-refractivity contribution in [3.8, 4) is 11.5 Å². The van der Waals surface area contributed by atoms with Crippen LogP contribution in [-0.4, -0.2) is 31.3 Å². The van der Waals surface area contributed by atoms with Gasteiger partial charge in [-0.2, -0.15) is 0 Å². The third-order valence-corrected chi connectivity index (χ3v) is 4.29. The third-order valence-electron chi connectivity index (χ3n) is 4.29. The van der Waals surface area contributed by atoms with Crippen LogP contribution in [0.25, 0.3) is 0 Å². The maximum absolute atomic E-state index is 12.1. The smallest absolute Gasteiger partial charge is 0.306 e. The van der Waals surface area contributed by atoms with E-state index in [1.54, 1.807) is 6.92 Å². The number of amides is 1. The average molecular weight is 369 g/mol. The van der Waals surface area contributed by atoms with Crippen molar-refractivity contribution >= 4 is 11.9 Å². The first-order valence-corrected chi connectivity index (χ1v) is 9.01. The van der Waals surface area contributed by atoms with Crippen molar-refractivity contribution in [1.82, 2.24) is 5.32 Å². The first-order chi connectivity index (χ1) is 13.1. The molecule has 0 saturated carbocycles. The Hall–Kier alpha value is -3.02. The number of carbonyl (C=O) groups excluding carboxylic acids is 2. The summed E-state index contributed by atoms with van der Waals surface area (Å²) in [5, 5.41) is 2.79. The van der Waals surface area contributed by atoms with E-state index in [2.05, 4.69) is 5.32 Å². The molecular weight excluding hydrogens is 346 g/mol. The lowest BCUT2D eigenvalue weighted by molar-refractivity contribution is -0.154. The van der Waals surface area contributed by atoms with E-state index in [1.807, 2.05) is 48.5 Å². The van der Waals surface area contributed by atoms with Crippen LogP contribution in [-0.2, 0) is 27.2 Å². The van der Waals surface area contributed by atoms with Crippen molar-refractivity contribution in [2.45, 2.75) is 32.3 Å². The van der Waals surface area contributed by atoms with E-state index < -0.39 is 12.1 Å². The Balaban J connectivity index is 1.37. The molecule has 3 rings (SSSR count). The number of esters is 1. The van der Waals surface area contributed by atoms with E-state index >= 15 is 0 Å². The van der Waals surface area contributed by atoms with Crippen molar-refractivity contribution in [3.05, 3.63) is 59.7 Å². The maximum atomic E-state index is 12.1. The van der Waals surface area contributed by atoms with E-state index in [1.165, 1.54) is 0 Å². The second-order valence-corrected chi connectivity index (χ2v) is 6.35. The molecule has 1 amide bonds. The van der Waals surface area contributed by atoms with Crippen LogP contribution in [0.3, 0.4) is 0 Å². The zero-order valence-corrected chi connectivity index (χ0v) is 15.3. The van der Waals surface area contributed by atoms with Crippen LogP contribution in [0.15, 0.2) is 48.5 Å². The first-order valence-electron chi connectivity index (χ1n) is 9.01. The molecule has 1 atom stereocenters. The van der Waals surface area contributed by atoms with Crippen LogP contribution in [0, 0.1) is 0 Å². The van der Waals surface area contributed by atoms with Crippen LogP contribution in [0.2, 0.25) is 0 Å². The van der Waals surface area contributed by atoms with Gasteiger partial charge in [-0.3, -0.25) is 9.59 Å². The highest BCUT2D eigenvalue weighted by Crippen LogP contribution is 2.32. The van der Waals surface area contributed by atoms with Gasteiger partial charge in [0.1, 0.15) is 0 Å². The second-order valence-electron chi connectivity index (χ2n) is 6.35. The SMILES string of the molecule is CC(OC(=O)CCc1ccc2c(c1)OCO2)C(=O)NCCc1ccccc1. The van der Waals surface area contributed by atoms with E-state index in [0.29, 0.717) is 24.5 Å². The monoisotopic (exact) mass is 369 g/mol. The van der Waals surface area contributed by atoms with Crippen molar-refractivity contribution < 1.29 is 23.8 Å². The van der Waals surface area contributed by atoms with Crippen LogP contribution in [0.5, 0.6) is 11.5 Å². The predicted molar refractivity (Wildman–Crippen MR) is 99.6 cm³/mol. The molecule has 1 unspecified atom stereocenters. The molecule has 142 valence electrons. The zero-order chi connectivity index (χ0) is 19.1. The van der Waals surface area contributed by atoms with Gasteiger partial charge in [0.15, 0.2) is 17.6 Å². The molecule has 0 aliphatic carbocycles. The van der Waals surface area contributed by atoms with E-state index in [4.69, 9.17) is 14.2 Å². The lowest BCUT2D eigenvalue weighted by Crippen LogP contribution is -2.36. The summed E-state index contributed by atoms with van der Waals surface area (Å²) in [6.07, 6.45) is 0.626. The fourth-order valence-corrected chi connectivity index (χ4v) is 2.77. The fraction of sp³-hybridized carbons (Fsp3) is 0.333. The molecule has 6 heteroatoms. The summed E-state index contributed by atoms with van der Waals surface area (Å²) in [6, 6.07) is 15.5. The Labute approximate surface area is 158 Å². The van der Waals surface area contributed by atoms with Crippen LogP contribution >= 0.6 is 0 Å². The minimum absolute atomic E-state index is 0.196. The molecule has 2 aromatic rings. The van der Waals surface area contributed by atoms with Crippen LogP contribution in [0.1, 0.15) is 24.5 Å². The molecule has 1 N–H and O–H groups in total. The number of nitrogens with one attached hydrogen (secondary N) is 1. The molecule has 0 saturated heterocycles. The minimum Gasteiger partial charge on any atom is -0.454 e. The number of ether oxygens (including phenoxy) is 3. The molecule has 0 radical (unpaired) electrons. The Morgan fingerprint density at radius 3 is 2.63 bits per heavy atom. The molecule has 27 heavy (non-hydrogen) atoms. The fourth-order valence-electron chi connectivity index (χ4n) is 2.77. The summed E-state index contributed by atoms with van der Waals surface area (Å²) in [7, 11) is 0. The maximum Gasteiger partial charge on any atom is 0.306 e. The number of fused-ring (bicyclic) bond motifs is 1. The predicted octanol–water partition coefficient (Wildman–Crippen LogP) is 2.64. The number of benzene rings is 2. The van der Waals surface area contributed by atoms with Crippen molar-refractivity contribution in [3.63, 3.8) is 0 Å². The van der Waals surface area contributed by atoms with Crippen molar-refractivity contribution in [2.24, 2.45) is 0 Å². The van der Waals surface area contributed by atoms with Crippen LogP contribution < -0.4 is 14.8 Å². The topological polar surface area (TPSA) is 73.9 Å². The summed E-state index contributed by atoms with van der Waals surface area (Å²) >= 11 is 0.